The van der Waals surface area contributed by atoms with Gasteiger partial charge in [0.2, 0.25) is 5.91 Å². The van der Waals surface area contributed by atoms with Crippen LogP contribution in [0.4, 0.5) is 5.69 Å². The van der Waals surface area contributed by atoms with E-state index < -0.39 is 0 Å². The Bertz CT molecular complexity index is 891. The molecule has 1 atom stereocenters. The van der Waals surface area contributed by atoms with Gasteiger partial charge in [-0.2, -0.15) is 0 Å². The van der Waals surface area contributed by atoms with Crippen molar-refractivity contribution in [3.8, 4) is 5.75 Å². The van der Waals surface area contributed by atoms with Gasteiger partial charge < -0.3 is 21.1 Å². The highest BCUT2D eigenvalue weighted by atomic mass is 79.9. The van der Waals surface area contributed by atoms with Crippen LogP contribution < -0.4 is 11.1 Å². The number of carbonyl (C=O) groups is 1. The van der Waals surface area contributed by atoms with E-state index in [1.807, 2.05) is 23.2 Å². The second-order valence-electron chi connectivity index (χ2n) is 7.44. The first-order valence-electron chi connectivity index (χ1n) is 9.35. The lowest BCUT2D eigenvalue weighted by molar-refractivity contribution is -0.129. The molecule has 4 N–H and O–H groups in total. The molecule has 1 aliphatic carbocycles. The molecular formula is C21H24BrN3O2. The molecule has 0 spiro atoms. The highest BCUT2D eigenvalue weighted by Crippen LogP contribution is 2.42. The van der Waals surface area contributed by atoms with Crippen molar-refractivity contribution in [2.24, 2.45) is 0 Å². The fourth-order valence-corrected chi connectivity index (χ4v) is 4.78. The summed E-state index contributed by atoms with van der Waals surface area (Å²) in [5.41, 5.74) is 12.7. The van der Waals surface area contributed by atoms with Gasteiger partial charge in [-0.3, -0.25) is 4.79 Å². The number of nitrogen functional groups attached to an aromatic ring is 1. The molecule has 0 radical (unpaired) electrons. The van der Waals surface area contributed by atoms with E-state index in [0.29, 0.717) is 5.69 Å². The van der Waals surface area contributed by atoms with Crippen LogP contribution >= 0.6 is 15.9 Å². The molecular weight excluding hydrogens is 406 g/mol. The lowest BCUT2D eigenvalue weighted by atomic mass is 9.84. The second-order valence-corrected chi connectivity index (χ2v) is 8.36. The summed E-state index contributed by atoms with van der Waals surface area (Å²) >= 11 is 3.58. The number of aromatic hydroxyl groups is 1. The predicted molar refractivity (Wildman–Crippen MR) is 111 cm³/mol. The lowest BCUT2D eigenvalue weighted by Crippen LogP contribution is -2.36. The number of allylic oxidation sites excluding steroid dienone is 2. The smallest absolute Gasteiger partial charge is 0.219 e. The van der Waals surface area contributed by atoms with Crippen molar-refractivity contribution < 1.29 is 9.90 Å². The van der Waals surface area contributed by atoms with Gasteiger partial charge in [0.25, 0.3) is 0 Å². The third kappa shape index (κ3) is 3.38. The van der Waals surface area contributed by atoms with Crippen molar-refractivity contribution in [3.63, 3.8) is 0 Å². The summed E-state index contributed by atoms with van der Waals surface area (Å²) in [7, 11) is 0. The summed E-state index contributed by atoms with van der Waals surface area (Å²) in [5.74, 6) is 0.285. The van der Waals surface area contributed by atoms with E-state index in [9.17, 15) is 9.90 Å². The van der Waals surface area contributed by atoms with E-state index >= 15 is 0 Å². The van der Waals surface area contributed by atoms with E-state index in [1.54, 1.807) is 6.92 Å². The molecule has 1 unspecified atom stereocenters. The number of fused-ring (bicyclic) bond motifs is 2. The Morgan fingerprint density at radius 1 is 1.26 bits per heavy atom. The standard InChI is InChI=1S/C21H24BrN3O2/c1-12(26)25-6-4-13(5-7-25)20-17-10-18(23)19(27)9-14(17)2-3-15-8-16(22)11-24-21(15)20/h8-11,21,24,27H,2-7,23H2,1H3. The summed E-state index contributed by atoms with van der Waals surface area (Å²) in [6, 6.07) is 3.84. The highest BCUT2D eigenvalue weighted by molar-refractivity contribution is 9.11. The molecule has 1 fully saturated rings. The number of halogens is 1. The number of hydrogen-bond donors (Lipinski definition) is 3. The molecule has 27 heavy (non-hydrogen) atoms. The summed E-state index contributed by atoms with van der Waals surface area (Å²) in [6.07, 6.45) is 7.71. The molecule has 6 heteroatoms. The van der Waals surface area contributed by atoms with Crippen molar-refractivity contribution >= 4 is 33.1 Å². The van der Waals surface area contributed by atoms with E-state index in [1.165, 1.54) is 16.7 Å². The van der Waals surface area contributed by atoms with Crippen LogP contribution in [-0.2, 0) is 11.2 Å². The first-order chi connectivity index (χ1) is 12.9. The maximum Gasteiger partial charge on any atom is 0.219 e. The summed E-state index contributed by atoms with van der Waals surface area (Å²) in [4.78, 5) is 13.6. The number of amides is 1. The number of rotatable bonds is 0. The minimum Gasteiger partial charge on any atom is -0.506 e. The fraction of sp³-hybridized carbons (Fsp3) is 0.381. The minimum atomic E-state index is 0.107. The predicted octanol–water partition coefficient (Wildman–Crippen LogP) is 3.45. The van der Waals surface area contributed by atoms with Crippen molar-refractivity contribution in [2.75, 3.05) is 18.8 Å². The number of aryl methyl sites for hydroxylation is 1. The Labute approximate surface area is 167 Å². The monoisotopic (exact) mass is 429 g/mol. The van der Waals surface area contributed by atoms with Crippen LogP contribution in [0.25, 0.3) is 5.57 Å². The molecule has 142 valence electrons. The molecule has 0 saturated carbocycles. The first-order valence-corrected chi connectivity index (χ1v) is 10.1. The molecule has 4 rings (SSSR count). The molecule has 1 amide bonds. The number of dihydropyridines is 1. The third-order valence-corrected chi connectivity index (χ3v) is 6.25. The van der Waals surface area contributed by atoms with Crippen LogP contribution in [0.15, 0.2) is 40.0 Å². The lowest BCUT2D eigenvalue weighted by Gasteiger charge is -2.33. The van der Waals surface area contributed by atoms with Gasteiger partial charge in [-0.25, -0.2) is 0 Å². The van der Waals surface area contributed by atoms with E-state index in [-0.39, 0.29) is 17.7 Å². The van der Waals surface area contributed by atoms with Gasteiger partial charge in [-0.15, -0.1) is 0 Å². The van der Waals surface area contributed by atoms with Gasteiger partial charge >= 0.3 is 0 Å². The Balaban J connectivity index is 1.83. The maximum absolute atomic E-state index is 11.7. The Morgan fingerprint density at radius 3 is 2.70 bits per heavy atom. The van der Waals surface area contributed by atoms with Gasteiger partial charge in [-0.1, -0.05) is 5.57 Å². The molecule has 1 aromatic rings. The molecule has 3 aliphatic rings. The number of benzene rings is 1. The number of phenols is 1. The summed E-state index contributed by atoms with van der Waals surface area (Å²) in [5, 5.41) is 13.7. The van der Waals surface area contributed by atoms with Crippen LogP contribution in [0.1, 0.15) is 37.3 Å². The van der Waals surface area contributed by atoms with Crippen molar-refractivity contribution in [1.29, 1.82) is 0 Å². The third-order valence-electron chi connectivity index (χ3n) is 5.79. The summed E-state index contributed by atoms with van der Waals surface area (Å²) in [6.45, 7) is 3.14. The van der Waals surface area contributed by atoms with Gasteiger partial charge in [0.15, 0.2) is 0 Å². The Morgan fingerprint density at radius 2 is 2.00 bits per heavy atom. The number of anilines is 1. The Kier molecular flexibility index (Phi) is 4.76. The minimum absolute atomic E-state index is 0.107. The largest absolute Gasteiger partial charge is 0.506 e. The number of carbonyl (C=O) groups excluding carboxylic acids is 1. The molecule has 0 bridgehead atoms. The normalized spacial score (nSPS) is 22.1. The van der Waals surface area contributed by atoms with Gasteiger partial charge in [0, 0.05) is 30.7 Å². The number of phenolic OH excluding ortho intramolecular Hbond substituents is 1. The fourth-order valence-electron chi connectivity index (χ4n) is 4.35. The zero-order valence-electron chi connectivity index (χ0n) is 15.4. The molecule has 1 aromatic carbocycles. The van der Waals surface area contributed by atoms with Crippen LogP contribution in [0, 0.1) is 0 Å². The van der Waals surface area contributed by atoms with Gasteiger partial charge in [0.1, 0.15) is 5.75 Å². The first kappa shape index (κ1) is 18.2. The molecule has 2 aliphatic heterocycles. The molecule has 0 aromatic heterocycles. The van der Waals surface area contributed by atoms with Gasteiger partial charge in [0.05, 0.1) is 11.7 Å². The van der Waals surface area contributed by atoms with Crippen LogP contribution in [0.2, 0.25) is 0 Å². The average molecular weight is 430 g/mol. The number of hydrogen-bond acceptors (Lipinski definition) is 4. The van der Waals surface area contributed by atoms with E-state index in [0.717, 1.165) is 54.4 Å². The number of piperidine rings is 1. The van der Waals surface area contributed by atoms with Crippen molar-refractivity contribution in [3.05, 3.63) is 51.2 Å². The quantitative estimate of drug-likeness (QED) is 0.435. The average Bonchev–Trinajstić information content (AvgIpc) is 2.79. The highest BCUT2D eigenvalue weighted by Gasteiger charge is 2.31. The number of likely N-dealkylation sites (tertiary alicyclic amines) is 1. The zero-order valence-corrected chi connectivity index (χ0v) is 17.0. The molecule has 5 nitrogen and oxygen atoms in total. The van der Waals surface area contributed by atoms with Crippen molar-refractivity contribution in [2.45, 2.75) is 38.6 Å². The number of nitrogens with zero attached hydrogens (tertiary/aromatic N) is 1. The van der Waals surface area contributed by atoms with Crippen LogP contribution in [-0.4, -0.2) is 35.0 Å². The van der Waals surface area contributed by atoms with E-state index in [2.05, 4.69) is 27.3 Å². The maximum atomic E-state index is 11.7. The SMILES string of the molecule is CC(=O)N1CCC(=C2c3cc(N)c(O)cc3CCC3=CC(Br)=CNC32)CC1. The van der Waals surface area contributed by atoms with Gasteiger partial charge in [-0.05, 0) is 82.1 Å². The molecule has 2 heterocycles. The summed E-state index contributed by atoms with van der Waals surface area (Å²) < 4.78 is 1.04. The number of nitrogens with one attached hydrogen (secondary N) is 1. The number of nitrogens with two attached hydrogens (primary N) is 1. The zero-order chi connectivity index (χ0) is 19.1. The molecule has 1 saturated heterocycles. The second kappa shape index (κ2) is 7.08. The van der Waals surface area contributed by atoms with E-state index in [4.69, 9.17) is 5.73 Å². The Hall–Kier alpha value is -2.21. The van der Waals surface area contributed by atoms with Crippen LogP contribution in [0.3, 0.4) is 0 Å². The topological polar surface area (TPSA) is 78.6 Å². The van der Waals surface area contributed by atoms with Crippen molar-refractivity contribution in [1.82, 2.24) is 10.2 Å². The van der Waals surface area contributed by atoms with Crippen LogP contribution in [0.5, 0.6) is 5.75 Å².